The lowest BCUT2D eigenvalue weighted by Gasteiger charge is -2.22. The summed E-state index contributed by atoms with van der Waals surface area (Å²) < 4.78 is 2.39. The molecule has 0 saturated heterocycles. The quantitative estimate of drug-likeness (QED) is 0.280. The average molecular weight is 494 g/mol. The molecule has 0 spiro atoms. The maximum Gasteiger partial charge on any atom is 0.266 e. The molecule has 0 N–H and O–H groups in total. The molecule has 1 heterocycles. The van der Waals surface area contributed by atoms with Crippen molar-refractivity contribution >= 4 is 50.2 Å². The molecule has 0 aliphatic heterocycles. The number of carbonyl (C=O) groups is 1. The summed E-state index contributed by atoms with van der Waals surface area (Å²) in [7, 11) is 1.75. The lowest BCUT2D eigenvalue weighted by Crippen LogP contribution is -2.33. The van der Waals surface area contributed by atoms with Crippen molar-refractivity contribution in [1.82, 2.24) is 9.55 Å². The van der Waals surface area contributed by atoms with Crippen molar-refractivity contribution in [2.24, 2.45) is 0 Å². The number of hydrogen-bond acceptors (Lipinski definition) is 4. The van der Waals surface area contributed by atoms with E-state index in [1.165, 1.54) is 11.8 Å². The molecule has 0 saturated carbocycles. The van der Waals surface area contributed by atoms with E-state index in [1.807, 2.05) is 79.7 Å². The molecular formula is C24H20BrN3O2S. The van der Waals surface area contributed by atoms with Crippen molar-refractivity contribution in [1.29, 1.82) is 0 Å². The van der Waals surface area contributed by atoms with Crippen LogP contribution in [0.5, 0.6) is 0 Å². The Balaban J connectivity index is 1.77. The molecule has 1 atom stereocenters. The van der Waals surface area contributed by atoms with Crippen LogP contribution in [-0.4, -0.2) is 27.8 Å². The minimum Gasteiger partial charge on any atom is -0.315 e. The Morgan fingerprint density at radius 2 is 1.68 bits per heavy atom. The Kier molecular flexibility index (Phi) is 6.25. The lowest BCUT2D eigenvalue weighted by molar-refractivity contribution is -0.117. The molecule has 5 nitrogen and oxygen atoms in total. The SMILES string of the molecule is CC(Sc1nc2ccc(Br)cc2c(=O)n1-c1ccccc1)C(=O)N(C)c1ccccc1. The molecule has 3 aromatic carbocycles. The minimum absolute atomic E-state index is 0.0686. The van der Waals surface area contributed by atoms with Crippen LogP contribution in [0.3, 0.4) is 0 Å². The van der Waals surface area contributed by atoms with Gasteiger partial charge in [-0.05, 0) is 49.4 Å². The molecule has 0 radical (unpaired) electrons. The van der Waals surface area contributed by atoms with Crippen LogP contribution in [0.15, 0.2) is 93.3 Å². The van der Waals surface area contributed by atoms with Crippen molar-refractivity contribution in [3.63, 3.8) is 0 Å². The molecule has 4 rings (SSSR count). The van der Waals surface area contributed by atoms with E-state index < -0.39 is 5.25 Å². The summed E-state index contributed by atoms with van der Waals surface area (Å²) in [5, 5.41) is 0.552. The number of para-hydroxylation sites is 2. The fourth-order valence-corrected chi connectivity index (χ4v) is 4.66. The van der Waals surface area contributed by atoms with E-state index in [1.54, 1.807) is 22.6 Å². The third-order valence-electron chi connectivity index (χ3n) is 4.92. The highest BCUT2D eigenvalue weighted by molar-refractivity contribution is 9.10. The maximum atomic E-state index is 13.4. The molecule has 1 unspecified atom stereocenters. The molecule has 0 fully saturated rings. The van der Waals surface area contributed by atoms with Gasteiger partial charge >= 0.3 is 0 Å². The monoisotopic (exact) mass is 493 g/mol. The number of rotatable bonds is 5. The number of aromatic nitrogens is 2. The Labute approximate surface area is 192 Å². The highest BCUT2D eigenvalue weighted by Crippen LogP contribution is 2.27. The van der Waals surface area contributed by atoms with Gasteiger partial charge in [0.2, 0.25) is 5.91 Å². The Bertz CT molecular complexity index is 1290. The zero-order valence-electron chi connectivity index (χ0n) is 17.0. The largest absolute Gasteiger partial charge is 0.315 e. The van der Waals surface area contributed by atoms with Crippen molar-refractivity contribution in [3.05, 3.63) is 93.7 Å². The number of benzene rings is 3. The first kappa shape index (κ1) is 21.3. The number of fused-ring (bicyclic) bond motifs is 1. The van der Waals surface area contributed by atoms with E-state index in [-0.39, 0.29) is 11.5 Å². The van der Waals surface area contributed by atoms with Gasteiger partial charge in [0.15, 0.2) is 5.16 Å². The van der Waals surface area contributed by atoms with Crippen LogP contribution in [0, 0.1) is 0 Å². The second-order valence-corrected chi connectivity index (χ2v) is 9.25. The van der Waals surface area contributed by atoms with Crippen molar-refractivity contribution in [2.45, 2.75) is 17.3 Å². The number of nitrogens with zero attached hydrogens (tertiary/aromatic N) is 3. The van der Waals surface area contributed by atoms with Gasteiger partial charge in [0.25, 0.3) is 5.56 Å². The molecule has 156 valence electrons. The second-order valence-electron chi connectivity index (χ2n) is 7.02. The number of thioether (sulfide) groups is 1. The Morgan fingerprint density at radius 1 is 1.03 bits per heavy atom. The maximum absolute atomic E-state index is 13.4. The average Bonchev–Trinajstić information content (AvgIpc) is 2.80. The van der Waals surface area contributed by atoms with E-state index >= 15 is 0 Å². The predicted octanol–water partition coefficient (Wildman–Crippen LogP) is 5.29. The number of carbonyl (C=O) groups excluding carboxylic acids is 1. The first-order valence-electron chi connectivity index (χ1n) is 9.72. The fourth-order valence-electron chi connectivity index (χ4n) is 3.28. The van der Waals surface area contributed by atoms with Crippen LogP contribution in [-0.2, 0) is 4.79 Å². The van der Waals surface area contributed by atoms with Crippen LogP contribution in [0.1, 0.15) is 6.92 Å². The summed E-state index contributed by atoms with van der Waals surface area (Å²) in [4.78, 5) is 32.8. The number of halogens is 1. The molecule has 7 heteroatoms. The van der Waals surface area contributed by atoms with Gasteiger partial charge in [-0.15, -0.1) is 0 Å². The van der Waals surface area contributed by atoms with Crippen molar-refractivity contribution in [3.8, 4) is 5.69 Å². The third-order valence-corrected chi connectivity index (χ3v) is 6.45. The molecule has 0 aliphatic rings. The van der Waals surface area contributed by atoms with Crippen LogP contribution in [0.4, 0.5) is 5.69 Å². The summed E-state index contributed by atoms with van der Waals surface area (Å²) in [6.07, 6.45) is 0. The van der Waals surface area contributed by atoms with Gasteiger partial charge in [-0.2, -0.15) is 0 Å². The Morgan fingerprint density at radius 3 is 2.35 bits per heavy atom. The first-order valence-corrected chi connectivity index (χ1v) is 11.4. The van der Waals surface area contributed by atoms with E-state index in [2.05, 4.69) is 15.9 Å². The van der Waals surface area contributed by atoms with Crippen LogP contribution in [0.25, 0.3) is 16.6 Å². The highest BCUT2D eigenvalue weighted by Gasteiger charge is 2.23. The zero-order chi connectivity index (χ0) is 22.0. The lowest BCUT2D eigenvalue weighted by atomic mass is 10.2. The molecule has 0 bridgehead atoms. The normalized spacial score (nSPS) is 12.0. The fraction of sp³-hybridized carbons (Fsp3) is 0.125. The molecule has 4 aromatic rings. The number of anilines is 1. The van der Waals surface area contributed by atoms with Gasteiger partial charge in [-0.3, -0.25) is 14.2 Å². The smallest absolute Gasteiger partial charge is 0.266 e. The molecular weight excluding hydrogens is 474 g/mol. The van der Waals surface area contributed by atoms with Gasteiger partial charge in [0, 0.05) is 17.2 Å². The highest BCUT2D eigenvalue weighted by atomic mass is 79.9. The van der Waals surface area contributed by atoms with Gasteiger partial charge in [-0.25, -0.2) is 4.98 Å². The zero-order valence-corrected chi connectivity index (χ0v) is 19.4. The number of amides is 1. The van der Waals surface area contributed by atoms with E-state index in [4.69, 9.17) is 4.98 Å². The van der Waals surface area contributed by atoms with Gasteiger partial charge in [0.05, 0.1) is 21.8 Å². The Hall–Kier alpha value is -2.90. The van der Waals surface area contributed by atoms with Crippen molar-refractivity contribution in [2.75, 3.05) is 11.9 Å². The summed E-state index contributed by atoms with van der Waals surface area (Å²) in [5.41, 5.74) is 1.95. The minimum atomic E-state index is -0.444. The van der Waals surface area contributed by atoms with Gasteiger partial charge in [0.1, 0.15) is 0 Å². The van der Waals surface area contributed by atoms with Crippen LogP contribution >= 0.6 is 27.7 Å². The summed E-state index contributed by atoms with van der Waals surface area (Å²) in [6, 6.07) is 24.3. The predicted molar refractivity (Wildman–Crippen MR) is 130 cm³/mol. The second kappa shape index (κ2) is 9.08. The standard InChI is InChI=1S/C24H20BrN3O2S/c1-16(22(29)27(2)18-9-5-3-6-10-18)31-24-26-21-14-13-17(25)15-20(21)23(30)28(24)19-11-7-4-8-12-19/h3-16H,1-2H3. The molecule has 1 aromatic heterocycles. The van der Waals surface area contributed by atoms with E-state index in [9.17, 15) is 9.59 Å². The van der Waals surface area contributed by atoms with Gasteiger partial charge < -0.3 is 4.90 Å². The third kappa shape index (κ3) is 4.43. The summed E-state index contributed by atoms with van der Waals surface area (Å²) in [5.74, 6) is -0.0686. The van der Waals surface area contributed by atoms with E-state index in [0.717, 1.165) is 10.2 Å². The summed E-state index contributed by atoms with van der Waals surface area (Å²) >= 11 is 4.71. The topological polar surface area (TPSA) is 55.2 Å². The molecule has 1 amide bonds. The van der Waals surface area contributed by atoms with E-state index in [0.29, 0.717) is 21.7 Å². The van der Waals surface area contributed by atoms with Gasteiger partial charge in [-0.1, -0.05) is 64.1 Å². The van der Waals surface area contributed by atoms with Crippen molar-refractivity contribution < 1.29 is 4.79 Å². The van der Waals surface area contributed by atoms with Crippen LogP contribution < -0.4 is 10.5 Å². The summed E-state index contributed by atoms with van der Waals surface area (Å²) in [6.45, 7) is 1.83. The molecule has 0 aliphatic carbocycles. The number of hydrogen-bond donors (Lipinski definition) is 0. The molecule has 31 heavy (non-hydrogen) atoms. The van der Waals surface area contributed by atoms with Crippen LogP contribution in [0.2, 0.25) is 0 Å². The first-order chi connectivity index (χ1) is 15.0.